The van der Waals surface area contributed by atoms with Crippen LogP contribution in [0.5, 0.6) is 0 Å². The van der Waals surface area contributed by atoms with E-state index in [2.05, 4.69) is 20.4 Å². The number of guanidine groups is 1. The number of hydrogen-bond acceptors (Lipinski definition) is 3. The van der Waals surface area contributed by atoms with Crippen LogP contribution < -0.4 is 10.6 Å². The molecule has 0 atom stereocenters. The Morgan fingerprint density at radius 2 is 1.62 bits per heavy atom. The normalized spacial score (nSPS) is 12.6. The fourth-order valence-corrected chi connectivity index (χ4v) is 2.10. The van der Waals surface area contributed by atoms with Crippen molar-refractivity contribution in [1.82, 2.24) is 15.5 Å². The van der Waals surface area contributed by atoms with Crippen LogP contribution in [0.25, 0.3) is 0 Å². The van der Waals surface area contributed by atoms with Gasteiger partial charge in [0.1, 0.15) is 13.2 Å². The number of amides is 1. The average molecular weight is 428 g/mol. The molecule has 29 heavy (non-hydrogen) atoms. The van der Waals surface area contributed by atoms with Crippen molar-refractivity contribution in [3.8, 4) is 0 Å². The molecular weight excluding hydrogens is 406 g/mol. The summed E-state index contributed by atoms with van der Waals surface area (Å²) in [5.41, 5.74) is 1.34. The molecule has 0 aliphatic heterocycles. The summed E-state index contributed by atoms with van der Waals surface area (Å²) < 4.78 is 77.5. The lowest BCUT2D eigenvalue weighted by Gasteiger charge is -2.20. The number of hydrogen-bond donors (Lipinski definition) is 2. The molecule has 2 N–H and O–H groups in total. The van der Waals surface area contributed by atoms with Crippen molar-refractivity contribution >= 4 is 11.9 Å². The smallest absolute Gasteiger partial charge is 0.367 e. The first-order chi connectivity index (χ1) is 13.4. The molecule has 1 aromatic carbocycles. The van der Waals surface area contributed by atoms with Gasteiger partial charge in [-0.15, -0.1) is 0 Å². The number of likely N-dealkylation sites (N-methyl/N-ethyl adjacent to an activating group) is 1. The standard InChI is InChI=1S/C17H22F6N4O2/c1-24-15(26-8-14(28)27(2)10-16(18,19)20)25-7-12-3-5-13(6-4-12)9-29-11-17(21,22)23/h3-6H,7-11H2,1-2H3,(H2,24,25,26). The van der Waals surface area contributed by atoms with Gasteiger partial charge >= 0.3 is 12.4 Å². The van der Waals surface area contributed by atoms with Gasteiger partial charge in [-0.25, -0.2) is 0 Å². The zero-order valence-electron chi connectivity index (χ0n) is 15.8. The number of rotatable bonds is 8. The number of alkyl halides is 6. The molecule has 1 rings (SSSR count). The van der Waals surface area contributed by atoms with E-state index in [1.54, 1.807) is 24.3 Å². The van der Waals surface area contributed by atoms with E-state index in [-0.39, 0.29) is 25.7 Å². The van der Waals surface area contributed by atoms with Gasteiger partial charge in [0.2, 0.25) is 5.91 Å². The summed E-state index contributed by atoms with van der Waals surface area (Å²) in [7, 11) is 2.48. The number of ether oxygens (including phenoxy) is 1. The number of carbonyl (C=O) groups is 1. The molecule has 0 aliphatic carbocycles. The fourth-order valence-electron chi connectivity index (χ4n) is 2.10. The molecule has 0 unspecified atom stereocenters. The van der Waals surface area contributed by atoms with Gasteiger partial charge in [-0.3, -0.25) is 9.79 Å². The number of nitrogens with one attached hydrogen (secondary N) is 2. The summed E-state index contributed by atoms with van der Waals surface area (Å²) in [5.74, 6) is -0.551. The molecule has 0 bridgehead atoms. The monoisotopic (exact) mass is 428 g/mol. The Hall–Kier alpha value is -2.50. The Balaban J connectivity index is 2.41. The van der Waals surface area contributed by atoms with Gasteiger partial charge in [0, 0.05) is 20.6 Å². The van der Waals surface area contributed by atoms with Crippen molar-refractivity contribution in [1.29, 1.82) is 0 Å². The largest absolute Gasteiger partial charge is 0.411 e. The van der Waals surface area contributed by atoms with E-state index >= 15 is 0 Å². The maximum atomic E-state index is 12.3. The summed E-state index contributed by atoms with van der Waals surface area (Å²) in [4.78, 5) is 16.1. The van der Waals surface area contributed by atoms with Gasteiger partial charge in [-0.1, -0.05) is 24.3 Å². The van der Waals surface area contributed by atoms with Crippen LogP contribution in [0.2, 0.25) is 0 Å². The maximum Gasteiger partial charge on any atom is 0.411 e. The minimum Gasteiger partial charge on any atom is -0.367 e. The van der Waals surface area contributed by atoms with Gasteiger partial charge in [-0.2, -0.15) is 26.3 Å². The van der Waals surface area contributed by atoms with Gasteiger partial charge in [0.15, 0.2) is 5.96 Å². The highest BCUT2D eigenvalue weighted by Gasteiger charge is 2.31. The molecule has 0 fully saturated rings. The van der Waals surface area contributed by atoms with E-state index in [0.29, 0.717) is 10.5 Å². The first-order valence-corrected chi connectivity index (χ1v) is 8.37. The summed E-state index contributed by atoms with van der Waals surface area (Å²) in [6.45, 7) is -2.95. The minimum atomic E-state index is -4.48. The van der Waals surface area contributed by atoms with E-state index in [1.807, 2.05) is 0 Å². The van der Waals surface area contributed by atoms with E-state index in [4.69, 9.17) is 0 Å². The molecule has 0 aliphatic rings. The third-order valence-corrected chi connectivity index (χ3v) is 3.49. The molecule has 0 spiro atoms. The van der Waals surface area contributed by atoms with Crippen molar-refractivity contribution in [2.75, 3.05) is 33.8 Å². The van der Waals surface area contributed by atoms with Gasteiger partial charge < -0.3 is 20.3 Å². The Morgan fingerprint density at radius 1 is 1.03 bits per heavy atom. The predicted molar refractivity (Wildman–Crippen MR) is 94.0 cm³/mol. The Bertz CT molecular complexity index is 674. The number of halogens is 6. The first-order valence-electron chi connectivity index (χ1n) is 8.37. The Morgan fingerprint density at radius 3 is 2.14 bits per heavy atom. The van der Waals surface area contributed by atoms with Gasteiger partial charge in [-0.05, 0) is 11.1 Å². The van der Waals surface area contributed by atoms with Crippen molar-refractivity contribution in [3.63, 3.8) is 0 Å². The SMILES string of the molecule is CN=C(NCC(=O)N(C)CC(F)(F)F)NCc1ccc(COCC(F)(F)F)cc1. The predicted octanol–water partition coefficient (Wildman–Crippen LogP) is 2.45. The maximum absolute atomic E-state index is 12.3. The number of benzene rings is 1. The van der Waals surface area contributed by atoms with Crippen LogP contribution in [-0.4, -0.2) is 62.9 Å². The highest BCUT2D eigenvalue weighted by molar-refractivity contribution is 5.86. The lowest BCUT2D eigenvalue weighted by molar-refractivity contribution is -0.176. The quantitative estimate of drug-likeness (QED) is 0.379. The second kappa shape index (κ2) is 10.9. The zero-order valence-corrected chi connectivity index (χ0v) is 15.8. The molecule has 1 amide bonds. The molecule has 1 aromatic rings. The second-order valence-electron chi connectivity index (χ2n) is 6.07. The molecule has 0 saturated heterocycles. The van der Waals surface area contributed by atoms with E-state index in [1.165, 1.54) is 7.05 Å². The van der Waals surface area contributed by atoms with Gasteiger partial charge in [0.05, 0.1) is 13.2 Å². The van der Waals surface area contributed by atoms with Crippen LogP contribution in [0.4, 0.5) is 26.3 Å². The third kappa shape index (κ3) is 11.2. The summed E-state index contributed by atoms with van der Waals surface area (Å²) in [5, 5.41) is 5.49. The molecule has 12 heteroatoms. The topological polar surface area (TPSA) is 66.0 Å². The molecule has 164 valence electrons. The van der Waals surface area contributed by atoms with E-state index in [0.717, 1.165) is 12.6 Å². The Labute approximate surface area is 163 Å². The fraction of sp³-hybridized carbons (Fsp3) is 0.529. The van der Waals surface area contributed by atoms with Crippen LogP contribution >= 0.6 is 0 Å². The van der Waals surface area contributed by atoms with E-state index < -0.39 is 31.4 Å². The highest BCUT2D eigenvalue weighted by Crippen LogP contribution is 2.16. The molecule has 0 saturated carbocycles. The summed E-state index contributed by atoms with van der Waals surface area (Å²) >= 11 is 0. The molecule has 0 aromatic heterocycles. The van der Waals surface area contributed by atoms with Crippen molar-refractivity contribution < 1.29 is 35.9 Å². The lowest BCUT2D eigenvalue weighted by atomic mass is 10.1. The van der Waals surface area contributed by atoms with E-state index in [9.17, 15) is 31.1 Å². The van der Waals surface area contributed by atoms with Crippen molar-refractivity contribution in [2.24, 2.45) is 4.99 Å². The van der Waals surface area contributed by atoms with Crippen LogP contribution in [0.15, 0.2) is 29.3 Å². The first kappa shape index (κ1) is 24.5. The number of aliphatic imine (C=N–C) groups is 1. The summed E-state index contributed by atoms with van der Waals surface area (Å²) in [6.07, 6.45) is -8.86. The molecule has 0 radical (unpaired) electrons. The van der Waals surface area contributed by atoms with Crippen LogP contribution in [-0.2, 0) is 22.7 Å². The van der Waals surface area contributed by atoms with Crippen LogP contribution in [0, 0.1) is 0 Å². The summed E-state index contributed by atoms with van der Waals surface area (Å²) in [6, 6.07) is 6.57. The van der Waals surface area contributed by atoms with Crippen LogP contribution in [0.3, 0.4) is 0 Å². The molecular formula is C17H22F6N4O2. The highest BCUT2D eigenvalue weighted by atomic mass is 19.4. The molecule has 6 nitrogen and oxygen atoms in total. The second-order valence-corrected chi connectivity index (χ2v) is 6.07. The third-order valence-electron chi connectivity index (χ3n) is 3.49. The minimum absolute atomic E-state index is 0.177. The number of carbonyl (C=O) groups excluding carboxylic acids is 1. The number of nitrogens with zero attached hydrogens (tertiary/aromatic N) is 2. The van der Waals surface area contributed by atoms with Crippen molar-refractivity contribution in [3.05, 3.63) is 35.4 Å². The van der Waals surface area contributed by atoms with Crippen molar-refractivity contribution in [2.45, 2.75) is 25.5 Å². The van der Waals surface area contributed by atoms with Gasteiger partial charge in [0.25, 0.3) is 0 Å². The zero-order chi connectivity index (χ0) is 22.1. The molecule has 0 heterocycles. The average Bonchev–Trinajstić information content (AvgIpc) is 2.60. The lowest BCUT2D eigenvalue weighted by Crippen LogP contribution is -2.45. The van der Waals surface area contributed by atoms with Crippen LogP contribution in [0.1, 0.15) is 11.1 Å². The Kier molecular flexibility index (Phi) is 9.21.